The van der Waals surface area contributed by atoms with Gasteiger partial charge in [0.05, 0.1) is 0 Å². The maximum atomic E-state index is 13.3. The molecule has 0 aromatic heterocycles. The molecule has 3 atom stereocenters. The van der Waals surface area contributed by atoms with Crippen LogP contribution in [0.3, 0.4) is 0 Å². The van der Waals surface area contributed by atoms with Crippen LogP contribution in [0.15, 0.2) is 49.6 Å². The van der Waals surface area contributed by atoms with Crippen molar-refractivity contribution in [3.63, 3.8) is 0 Å². The molecule has 3 aliphatic carbocycles. The van der Waals surface area contributed by atoms with Gasteiger partial charge in [-0.05, 0) is 11.0 Å². The molecular formula is C28H51NOSiTi. The Hall–Kier alpha value is -0.639. The van der Waals surface area contributed by atoms with Crippen molar-refractivity contribution in [2.75, 3.05) is 0 Å². The Kier molecular flexibility index (Phi) is 14.8. The van der Waals surface area contributed by atoms with Gasteiger partial charge in [-0.2, -0.15) is 0 Å². The van der Waals surface area contributed by atoms with Gasteiger partial charge in [-0.15, -0.1) is 0 Å². The largest absolute Gasteiger partial charge is 0.0149 e. The van der Waals surface area contributed by atoms with Crippen LogP contribution in [0, 0.1) is 17.8 Å². The molecule has 2 nitrogen and oxygen atoms in total. The predicted octanol–water partition coefficient (Wildman–Crippen LogP) is 7.04. The van der Waals surface area contributed by atoms with Gasteiger partial charge in [-0.25, -0.2) is 0 Å². The molecule has 0 aliphatic heterocycles. The maximum absolute atomic E-state index is 13.3. The Bertz CT molecular complexity index is 609. The summed E-state index contributed by atoms with van der Waals surface area (Å²) >= 11 is -2.36. The third kappa shape index (κ3) is 9.69. The molecular weight excluding hydrogens is 442 g/mol. The van der Waals surface area contributed by atoms with Gasteiger partial charge >= 0.3 is 172 Å². The molecule has 3 unspecified atom stereocenters. The average Bonchev–Trinajstić information content (AvgIpc) is 3.19. The predicted molar refractivity (Wildman–Crippen MR) is 144 cm³/mol. The molecule has 0 radical (unpaired) electrons. The first-order chi connectivity index (χ1) is 15.0. The molecule has 0 spiro atoms. The summed E-state index contributed by atoms with van der Waals surface area (Å²) in [5.74, 6) is 2.09. The average molecular weight is 494 g/mol. The molecule has 3 rings (SSSR count). The first-order valence-electron chi connectivity index (χ1n) is 12.9. The number of nitrogens with one attached hydrogen (secondary N) is 1. The third-order valence-corrected chi connectivity index (χ3v) is 12.9. The number of allylic oxidation sites excluding steroid dienone is 6. The van der Waals surface area contributed by atoms with Crippen LogP contribution >= 0.6 is 0 Å². The summed E-state index contributed by atoms with van der Waals surface area (Å²) in [5, 5.41) is 4.90. The van der Waals surface area contributed by atoms with Crippen LogP contribution in [-0.2, 0) is 21.6 Å². The summed E-state index contributed by atoms with van der Waals surface area (Å²) < 4.78 is 4.45. The molecule has 1 N–H and O–H groups in total. The molecule has 1 amide bonds. The minimum atomic E-state index is -2.36. The Labute approximate surface area is 207 Å². The van der Waals surface area contributed by atoms with Crippen molar-refractivity contribution in [3.05, 3.63) is 49.6 Å². The van der Waals surface area contributed by atoms with Crippen molar-refractivity contribution in [3.8, 4) is 0 Å². The van der Waals surface area contributed by atoms with Crippen molar-refractivity contribution >= 4 is 16.9 Å². The van der Waals surface area contributed by atoms with Gasteiger partial charge < -0.3 is 0 Å². The Morgan fingerprint density at radius 3 is 1.84 bits per heavy atom. The van der Waals surface area contributed by atoms with E-state index < -0.39 is 16.8 Å². The standard InChI is InChI=1S/C13H25NO.C9H11.C4H6.2CH3.H4Si.Ti/c14-13(15)12-10-8-6-4-2-1-3-5-7-9-11-12;1-2-5-9-7-3-6-8(9)4-1;1-3-4-2;;;;/h12H,1-11H2,(H2,14,15);1-2,4-6,8-9H,3,7H2;3-4H,1-2H2;2*1H3;1H4;/q;;;;;;+1/p-1. The summed E-state index contributed by atoms with van der Waals surface area (Å²) in [4.78, 5) is 13.3. The van der Waals surface area contributed by atoms with Gasteiger partial charge in [-0.1, -0.05) is 25.3 Å². The first kappa shape index (κ1) is 29.4. The molecule has 182 valence electrons. The zero-order chi connectivity index (χ0) is 22.5. The summed E-state index contributed by atoms with van der Waals surface area (Å²) in [6.07, 6.45) is 29.4. The van der Waals surface area contributed by atoms with Gasteiger partial charge in [0.1, 0.15) is 0 Å². The van der Waals surface area contributed by atoms with E-state index in [9.17, 15) is 4.79 Å². The number of rotatable bonds is 4. The van der Waals surface area contributed by atoms with Gasteiger partial charge in [0.25, 0.3) is 0 Å². The van der Waals surface area contributed by atoms with E-state index in [1.54, 1.807) is 12.2 Å². The second kappa shape index (κ2) is 16.1. The number of fused-ring (bicyclic) bond motifs is 1. The van der Waals surface area contributed by atoms with Crippen LogP contribution in [-0.4, -0.2) is 16.9 Å². The summed E-state index contributed by atoms with van der Waals surface area (Å²) in [6.45, 7) is 6.72. The van der Waals surface area contributed by atoms with Gasteiger partial charge in [0.2, 0.25) is 0 Å². The molecule has 32 heavy (non-hydrogen) atoms. The normalized spacial score (nSPS) is 26.8. The molecule has 0 bridgehead atoms. The number of amides is 1. The summed E-state index contributed by atoms with van der Waals surface area (Å²) in [5.41, 5.74) is 0. The minimum absolute atomic E-state index is 0. The molecule has 3 aliphatic rings. The smallest absolute Gasteiger partial charge is 0.0149 e. The summed E-state index contributed by atoms with van der Waals surface area (Å²) in [6, 6.07) is 0. The molecule has 2 saturated carbocycles. The summed E-state index contributed by atoms with van der Waals surface area (Å²) in [7, 11) is 0. The fourth-order valence-corrected chi connectivity index (χ4v) is 10.8. The van der Waals surface area contributed by atoms with E-state index in [1.165, 1.54) is 70.6 Å². The van der Waals surface area contributed by atoms with Crippen molar-refractivity contribution < 1.29 is 21.6 Å². The monoisotopic (exact) mass is 493 g/mol. The Morgan fingerprint density at radius 2 is 1.31 bits per heavy atom. The van der Waals surface area contributed by atoms with E-state index >= 15 is 0 Å². The third-order valence-electron chi connectivity index (χ3n) is 7.59. The maximum Gasteiger partial charge on any atom is -0.0149 e. The van der Waals surface area contributed by atoms with E-state index in [0.717, 1.165) is 23.0 Å². The van der Waals surface area contributed by atoms with Gasteiger partial charge in [0, 0.05) is 0 Å². The zero-order valence-electron chi connectivity index (χ0n) is 20.3. The van der Waals surface area contributed by atoms with Crippen molar-refractivity contribution in [2.45, 2.75) is 98.2 Å². The SMILES string of the molecule is C=CC=C.[CH3][Ti]([CH3])([NH]C(=O)C1CCCCCCCCCCC1)[CH]1CCC2C=CC=CC21.[SiH4]. The van der Waals surface area contributed by atoms with E-state index in [4.69, 9.17) is 0 Å². The van der Waals surface area contributed by atoms with Crippen molar-refractivity contribution in [1.82, 2.24) is 3.80 Å². The van der Waals surface area contributed by atoms with Crippen LogP contribution in [0.1, 0.15) is 83.5 Å². The van der Waals surface area contributed by atoms with Crippen molar-refractivity contribution in [1.29, 1.82) is 0 Å². The fraction of sp³-hybridized carbons (Fsp3) is 0.679. The van der Waals surface area contributed by atoms with Gasteiger partial charge in [-0.3, -0.25) is 0 Å². The molecule has 4 heteroatoms. The van der Waals surface area contributed by atoms with E-state index in [1.807, 2.05) is 0 Å². The second-order valence-electron chi connectivity index (χ2n) is 10.3. The number of carbonyl (C=O) groups is 1. The minimum Gasteiger partial charge on any atom is -0.0149 e. The quantitative estimate of drug-likeness (QED) is 0.330. The zero-order valence-corrected chi connectivity index (χ0v) is 21.8. The second-order valence-corrected chi connectivity index (χ2v) is 17.3. The topological polar surface area (TPSA) is 29.1 Å². The number of hydrogen-bond donors (Lipinski definition) is 1. The molecule has 0 heterocycles. The number of hydrogen-bond acceptors (Lipinski definition) is 1. The van der Waals surface area contributed by atoms with Crippen LogP contribution in [0.5, 0.6) is 0 Å². The van der Waals surface area contributed by atoms with Gasteiger partial charge in [0.15, 0.2) is 0 Å². The van der Waals surface area contributed by atoms with Crippen LogP contribution in [0.25, 0.3) is 0 Å². The molecule has 0 aromatic rings. The van der Waals surface area contributed by atoms with Crippen LogP contribution < -0.4 is 3.80 Å². The molecule has 0 saturated heterocycles. The van der Waals surface area contributed by atoms with E-state index in [2.05, 4.69) is 51.7 Å². The molecule has 0 aromatic carbocycles. The fourth-order valence-electron chi connectivity index (χ4n) is 5.74. The van der Waals surface area contributed by atoms with Crippen molar-refractivity contribution in [2.24, 2.45) is 17.8 Å². The number of carbonyl (C=O) groups excluding carboxylic acids is 1. The molecule has 2 fully saturated rings. The first-order valence-corrected chi connectivity index (χ1v) is 17.7. The van der Waals surface area contributed by atoms with E-state index in [-0.39, 0.29) is 16.9 Å². The van der Waals surface area contributed by atoms with E-state index in [0.29, 0.717) is 11.8 Å². The van der Waals surface area contributed by atoms with Crippen LogP contribution in [0.4, 0.5) is 0 Å². The Morgan fingerprint density at radius 1 is 0.812 bits per heavy atom. The Balaban J connectivity index is 0.000000945. The van der Waals surface area contributed by atoms with Crippen LogP contribution in [0.2, 0.25) is 14.7 Å².